The molecule has 0 saturated heterocycles. The molecule has 0 radical (unpaired) electrons. The van der Waals surface area contributed by atoms with Gasteiger partial charge in [-0.05, 0) is 0 Å². The van der Waals surface area contributed by atoms with Crippen molar-refractivity contribution in [2.24, 2.45) is 0 Å². The average Bonchev–Trinajstić information content (AvgIpc) is 1.60. The molecule has 1 atom stereocenters. The third kappa shape index (κ3) is 4.63. The molecule has 3 nitrogen and oxygen atoms in total. The first-order chi connectivity index (χ1) is 4.33. The van der Waals surface area contributed by atoms with Gasteiger partial charge in [0.05, 0.1) is 5.75 Å². The maximum Gasteiger partial charge on any atom is 0.265 e. The number of aliphatic hydroxyl groups excluding tert-OH is 1. The predicted octanol–water partition coefficient (Wildman–Crippen LogP) is -0.343. The van der Waals surface area contributed by atoms with E-state index in [9.17, 15) is 17.2 Å². The van der Waals surface area contributed by atoms with Gasteiger partial charge >= 0.3 is 0 Å². The third-order valence-corrected chi connectivity index (χ3v) is 1.71. The van der Waals surface area contributed by atoms with Crippen molar-refractivity contribution in [1.82, 2.24) is 0 Å². The molecule has 10 heavy (non-hydrogen) atoms. The molecule has 0 amide bonds. The molecular formula is C4H8F2O3S. The van der Waals surface area contributed by atoms with E-state index in [0.717, 1.165) is 6.26 Å². The SMILES string of the molecule is CS(=O)(=O)CC(O)C(F)F. The van der Waals surface area contributed by atoms with Crippen LogP contribution in [-0.2, 0) is 9.84 Å². The highest BCUT2D eigenvalue weighted by molar-refractivity contribution is 7.90. The Morgan fingerprint density at radius 1 is 1.50 bits per heavy atom. The van der Waals surface area contributed by atoms with Gasteiger partial charge in [-0.15, -0.1) is 0 Å². The molecule has 0 bridgehead atoms. The quantitative estimate of drug-likeness (QED) is 0.636. The molecule has 0 saturated carbocycles. The molecule has 0 aliphatic heterocycles. The summed E-state index contributed by atoms with van der Waals surface area (Å²) in [5.41, 5.74) is 0. The molecule has 0 fully saturated rings. The van der Waals surface area contributed by atoms with E-state index >= 15 is 0 Å². The molecule has 0 aromatic heterocycles. The van der Waals surface area contributed by atoms with Crippen molar-refractivity contribution in [3.63, 3.8) is 0 Å². The minimum absolute atomic E-state index is 0.790. The molecular weight excluding hydrogens is 166 g/mol. The summed E-state index contributed by atoms with van der Waals surface area (Å²) in [6.45, 7) is 0. The minimum Gasteiger partial charge on any atom is -0.386 e. The Morgan fingerprint density at radius 2 is 1.90 bits per heavy atom. The van der Waals surface area contributed by atoms with Gasteiger partial charge in [-0.2, -0.15) is 0 Å². The van der Waals surface area contributed by atoms with Gasteiger partial charge in [0, 0.05) is 6.26 Å². The van der Waals surface area contributed by atoms with Crippen LogP contribution < -0.4 is 0 Å². The van der Waals surface area contributed by atoms with Crippen molar-refractivity contribution in [3.05, 3.63) is 0 Å². The summed E-state index contributed by atoms with van der Waals surface area (Å²) in [7, 11) is -3.50. The van der Waals surface area contributed by atoms with E-state index in [1.165, 1.54) is 0 Å². The molecule has 0 aliphatic rings. The number of rotatable bonds is 3. The van der Waals surface area contributed by atoms with Crippen LogP contribution in [0.25, 0.3) is 0 Å². The topological polar surface area (TPSA) is 54.4 Å². The lowest BCUT2D eigenvalue weighted by Crippen LogP contribution is -2.26. The van der Waals surface area contributed by atoms with Gasteiger partial charge in [-0.25, -0.2) is 17.2 Å². The standard InChI is InChI=1S/C4H8F2O3S/c1-10(8,9)2-3(7)4(5)6/h3-4,7H,2H2,1H3. The van der Waals surface area contributed by atoms with Crippen molar-refractivity contribution in [2.45, 2.75) is 12.5 Å². The lowest BCUT2D eigenvalue weighted by Gasteiger charge is -2.05. The summed E-state index contributed by atoms with van der Waals surface area (Å²) in [6, 6.07) is 0. The molecule has 6 heteroatoms. The van der Waals surface area contributed by atoms with E-state index in [1.54, 1.807) is 0 Å². The second-order valence-corrected chi connectivity index (χ2v) is 4.18. The summed E-state index contributed by atoms with van der Waals surface area (Å²) in [4.78, 5) is 0. The first-order valence-electron chi connectivity index (χ1n) is 2.47. The number of alkyl halides is 2. The zero-order valence-corrected chi connectivity index (χ0v) is 6.11. The number of aliphatic hydroxyl groups is 1. The Kier molecular flexibility index (Phi) is 3.17. The predicted molar refractivity (Wildman–Crippen MR) is 31.7 cm³/mol. The van der Waals surface area contributed by atoms with Crippen LogP contribution in [-0.4, -0.2) is 38.1 Å². The highest BCUT2D eigenvalue weighted by Gasteiger charge is 2.21. The van der Waals surface area contributed by atoms with E-state index in [4.69, 9.17) is 5.11 Å². The largest absolute Gasteiger partial charge is 0.386 e. The van der Waals surface area contributed by atoms with E-state index < -0.39 is 28.1 Å². The Morgan fingerprint density at radius 3 is 2.00 bits per heavy atom. The fourth-order valence-electron chi connectivity index (χ4n) is 0.383. The van der Waals surface area contributed by atoms with E-state index in [1.807, 2.05) is 0 Å². The van der Waals surface area contributed by atoms with Crippen LogP contribution in [0.2, 0.25) is 0 Å². The van der Waals surface area contributed by atoms with Crippen molar-refractivity contribution >= 4 is 9.84 Å². The summed E-state index contributed by atoms with van der Waals surface area (Å²) in [5.74, 6) is -0.884. The number of hydrogen-bond acceptors (Lipinski definition) is 3. The molecule has 0 rings (SSSR count). The first-order valence-corrected chi connectivity index (χ1v) is 4.53. The van der Waals surface area contributed by atoms with Gasteiger partial charge in [0.15, 0.2) is 0 Å². The molecule has 1 N–H and O–H groups in total. The van der Waals surface area contributed by atoms with Gasteiger partial charge < -0.3 is 5.11 Å². The summed E-state index contributed by atoms with van der Waals surface area (Å²) >= 11 is 0. The number of halogens is 2. The van der Waals surface area contributed by atoms with Crippen LogP contribution >= 0.6 is 0 Å². The molecule has 1 unspecified atom stereocenters. The van der Waals surface area contributed by atoms with Crippen molar-refractivity contribution in [1.29, 1.82) is 0 Å². The van der Waals surface area contributed by atoms with Crippen molar-refractivity contribution < 1.29 is 22.3 Å². The van der Waals surface area contributed by atoms with E-state index in [2.05, 4.69) is 0 Å². The Bertz CT molecular complexity index is 187. The van der Waals surface area contributed by atoms with Crippen LogP contribution in [0.3, 0.4) is 0 Å². The van der Waals surface area contributed by atoms with Gasteiger partial charge in [0.25, 0.3) is 6.43 Å². The van der Waals surface area contributed by atoms with Gasteiger partial charge in [0.2, 0.25) is 0 Å². The first kappa shape index (κ1) is 9.77. The summed E-state index contributed by atoms with van der Waals surface area (Å²) < 4.78 is 43.4. The smallest absolute Gasteiger partial charge is 0.265 e. The van der Waals surface area contributed by atoms with Crippen LogP contribution in [0.5, 0.6) is 0 Å². The molecule has 0 aliphatic carbocycles. The maximum atomic E-state index is 11.4. The Labute approximate surface area is 57.6 Å². The second-order valence-electron chi connectivity index (χ2n) is 1.99. The number of sulfone groups is 1. The monoisotopic (exact) mass is 174 g/mol. The zero-order chi connectivity index (χ0) is 8.36. The van der Waals surface area contributed by atoms with Crippen LogP contribution in [0.1, 0.15) is 0 Å². The van der Waals surface area contributed by atoms with E-state index in [0.29, 0.717) is 0 Å². The van der Waals surface area contributed by atoms with Crippen molar-refractivity contribution in [2.75, 3.05) is 12.0 Å². The molecule has 0 aromatic rings. The fourth-order valence-corrected chi connectivity index (χ4v) is 1.15. The number of hydrogen-bond donors (Lipinski definition) is 1. The maximum absolute atomic E-state index is 11.4. The molecule has 0 aromatic carbocycles. The minimum atomic E-state index is -3.50. The zero-order valence-electron chi connectivity index (χ0n) is 5.29. The van der Waals surface area contributed by atoms with E-state index in [-0.39, 0.29) is 0 Å². The highest BCUT2D eigenvalue weighted by Crippen LogP contribution is 2.02. The normalized spacial score (nSPS) is 15.7. The fraction of sp³-hybridized carbons (Fsp3) is 1.00. The second kappa shape index (κ2) is 3.25. The average molecular weight is 174 g/mol. The lowest BCUT2D eigenvalue weighted by atomic mass is 10.4. The molecule has 0 spiro atoms. The summed E-state index contributed by atoms with van der Waals surface area (Å²) in [6.07, 6.45) is -4.26. The Hall–Kier alpha value is -0.230. The highest BCUT2D eigenvalue weighted by atomic mass is 32.2. The van der Waals surface area contributed by atoms with Crippen LogP contribution in [0.15, 0.2) is 0 Å². The van der Waals surface area contributed by atoms with Gasteiger partial charge in [-0.1, -0.05) is 0 Å². The van der Waals surface area contributed by atoms with Crippen LogP contribution in [0, 0.1) is 0 Å². The van der Waals surface area contributed by atoms with Gasteiger partial charge in [-0.3, -0.25) is 0 Å². The molecule has 0 heterocycles. The third-order valence-electron chi connectivity index (χ3n) is 0.764. The van der Waals surface area contributed by atoms with Crippen molar-refractivity contribution in [3.8, 4) is 0 Å². The summed E-state index contributed by atoms with van der Waals surface area (Å²) in [5, 5.41) is 8.33. The molecule has 62 valence electrons. The lowest BCUT2D eigenvalue weighted by molar-refractivity contribution is 0.00917. The van der Waals surface area contributed by atoms with Gasteiger partial charge in [0.1, 0.15) is 15.9 Å². The van der Waals surface area contributed by atoms with Crippen LogP contribution in [0.4, 0.5) is 8.78 Å². The Balaban J connectivity index is 3.93.